The fourth-order valence-corrected chi connectivity index (χ4v) is 6.50. The Morgan fingerprint density at radius 1 is 1.31 bits per heavy atom. The van der Waals surface area contributed by atoms with E-state index in [1.807, 2.05) is 28.5 Å². The predicted molar refractivity (Wildman–Crippen MR) is 132 cm³/mol. The number of anilines is 1. The van der Waals surface area contributed by atoms with Gasteiger partial charge in [-0.1, -0.05) is 6.07 Å². The molecule has 6 rings (SSSR count). The fraction of sp³-hybridized carbons (Fsp3) is 0.480. The molecule has 1 saturated heterocycles. The second kappa shape index (κ2) is 8.75. The average molecular weight is 512 g/mol. The van der Waals surface area contributed by atoms with Gasteiger partial charge in [0, 0.05) is 12.7 Å². The first-order valence-electron chi connectivity index (χ1n) is 12.3. The molecule has 0 radical (unpaired) electrons. The Labute approximate surface area is 212 Å². The van der Waals surface area contributed by atoms with Crippen LogP contribution >= 0.6 is 11.3 Å². The first kappa shape index (κ1) is 23.3. The molecule has 2 aliphatic heterocycles. The minimum atomic E-state index is -1.27. The summed E-state index contributed by atoms with van der Waals surface area (Å²) < 4.78 is 6.00. The lowest BCUT2D eigenvalue weighted by atomic mass is 9.91. The Bertz CT molecular complexity index is 1230. The van der Waals surface area contributed by atoms with Crippen molar-refractivity contribution in [2.45, 2.75) is 50.2 Å². The van der Waals surface area contributed by atoms with E-state index in [0.717, 1.165) is 34.6 Å². The molecule has 4 amide bonds. The average Bonchev–Trinajstić information content (AvgIpc) is 3.50. The van der Waals surface area contributed by atoms with Crippen LogP contribution in [0.1, 0.15) is 35.3 Å². The van der Waals surface area contributed by atoms with Gasteiger partial charge in [-0.2, -0.15) is 0 Å². The molecule has 4 aliphatic rings. The van der Waals surface area contributed by atoms with E-state index in [-0.39, 0.29) is 30.4 Å². The van der Waals surface area contributed by atoms with E-state index in [9.17, 15) is 19.5 Å². The van der Waals surface area contributed by atoms with Gasteiger partial charge in [-0.15, -0.1) is 11.3 Å². The molecule has 11 heteroatoms. The summed E-state index contributed by atoms with van der Waals surface area (Å²) in [6.45, 7) is 0.691. The lowest BCUT2D eigenvalue weighted by molar-refractivity contribution is -0.147. The number of amides is 4. The number of ether oxygens (including phenoxy) is 1. The van der Waals surface area contributed by atoms with Crippen molar-refractivity contribution < 1.29 is 24.2 Å². The van der Waals surface area contributed by atoms with Gasteiger partial charge < -0.3 is 25.4 Å². The lowest BCUT2D eigenvalue weighted by Crippen LogP contribution is -2.50. The smallest absolute Gasteiger partial charge is 0.318 e. The zero-order valence-electron chi connectivity index (χ0n) is 20.0. The number of nitrogens with one attached hydrogen (secondary N) is 3. The number of aryl methyl sites for hydroxylation is 1. The molecule has 190 valence electrons. The van der Waals surface area contributed by atoms with E-state index in [1.54, 1.807) is 24.5 Å². The molecule has 1 spiro atoms. The lowest BCUT2D eigenvalue weighted by Gasteiger charge is -2.31. The number of nitrogens with zero attached hydrogens (tertiary/aromatic N) is 2. The molecular weight excluding hydrogens is 482 g/mol. The van der Waals surface area contributed by atoms with Crippen molar-refractivity contribution >= 4 is 34.9 Å². The topological polar surface area (TPSA) is 123 Å². The number of fused-ring (bicyclic) bond motifs is 3. The van der Waals surface area contributed by atoms with Crippen LogP contribution in [-0.4, -0.2) is 65.3 Å². The highest BCUT2D eigenvalue weighted by Crippen LogP contribution is 2.43. The number of rotatable bonds is 4. The maximum atomic E-state index is 13.7. The number of carbonyl (C=O) groups is 3. The number of aliphatic hydroxyl groups is 1. The summed E-state index contributed by atoms with van der Waals surface area (Å²) in [4.78, 5) is 43.1. The van der Waals surface area contributed by atoms with Gasteiger partial charge >= 0.3 is 6.03 Å². The zero-order chi connectivity index (χ0) is 25.0. The third-order valence-electron chi connectivity index (χ3n) is 7.74. The Morgan fingerprint density at radius 2 is 2.14 bits per heavy atom. The molecule has 4 N–H and O–H groups in total. The van der Waals surface area contributed by atoms with Crippen LogP contribution in [-0.2, 0) is 28.1 Å². The molecule has 3 atom stereocenters. The minimum Gasteiger partial charge on any atom is -0.490 e. The Kier molecular flexibility index (Phi) is 5.66. The SMILES string of the molecule is CNC(=O)Nc1ccc2c(c1)CCC21NC(O)N(CC(=O)N2Cc3sccc3OC[C@H]2C2CC2)C1=O. The maximum Gasteiger partial charge on any atom is 0.318 e. The number of hydrogen-bond donors (Lipinski definition) is 4. The van der Waals surface area contributed by atoms with Crippen molar-refractivity contribution in [3.05, 3.63) is 45.6 Å². The summed E-state index contributed by atoms with van der Waals surface area (Å²) in [6, 6.07) is 6.98. The van der Waals surface area contributed by atoms with Gasteiger partial charge in [-0.25, -0.2) is 4.79 Å². The summed E-state index contributed by atoms with van der Waals surface area (Å²) in [5.74, 6) is 0.740. The fourth-order valence-electron chi connectivity index (χ4n) is 5.68. The van der Waals surface area contributed by atoms with Gasteiger partial charge in [-0.3, -0.25) is 19.8 Å². The molecular formula is C25H29N5O5S. The minimum absolute atomic E-state index is 0.0349. The second-order valence-corrected chi connectivity index (χ2v) is 10.9. The van der Waals surface area contributed by atoms with E-state index in [2.05, 4.69) is 16.0 Å². The molecule has 3 heterocycles. The Balaban J connectivity index is 1.22. The van der Waals surface area contributed by atoms with Gasteiger partial charge in [0.25, 0.3) is 5.91 Å². The maximum absolute atomic E-state index is 13.7. The van der Waals surface area contributed by atoms with Gasteiger partial charge in [0.1, 0.15) is 24.4 Å². The molecule has 1 aromatic carbocycles. The molecule has 2 aromatic rings. The van der Waals surface area contributed by atoms with Crippen molar-refractivity contribution in [2.75, 3.05) is 25.5 Å². The van der Waals surface area contributed by atoms with E-state index in [1.165, 1.54) is 4.90 Å². The third-order valence-corrected chi connectivity index (χ3v) is 8.62. The number of benzene rings is 1. The predicted octanol–water partition coefficient (Wildman–Crippen LogP) is 1.55. The molecule has 36 heavy (non-hydrogen) atoms. The highest BCUT2D eigenvalue weighted by molar-refractivity contribution is 7.10. The summed E-state index contributed by atoms with van der Waals surface area (Å²) in [5.41, 5.74) is 1.24. The van der Waals surface area contributed by atoms with Crippen molar-refractivity contribution in [1.82, 2.24) is 20.4 Å². The summed E-state index contributed by atoms with van der Waals surface area (Å²) in [7, 11) is 1.54. The summed E-state index contributed by atoms with van der Waals surface area (Å²) in [5, 5.41) is 21.2. The van der Waals surface area contributed by atoms with Crippen LogP contribution in [0.4, 0.5) is 10.5 Å². The van der Waals surface area contributed by atoms with Crippen LogP contribution in [0.5, 0.6) is 5.75 Å². The first-order chi connectivity index (χ1) is 17.4. The van der Waals surface area contributed by atoms with Crippen molar-refractivity contribution in [2.24, 2.45) is 5.92 Å². The van der Waals surface area contributed by atoms with Gasteiger partial charge in [0.15, 0.2) is 6.35 Å². The van der Waals surface area contributed by atoms with Crippen LogP contribution in [0.3, 0.4) is 0 Å². The van der Waals surface area contributed by atoms with Crippen LogP contribution in [0.2, 0.25) is 0 Å². The third kappa shape index (κ3) is 3.82. The molecule has 2 fully saturated rings. The largest absolute Gasteiger partial charge is 0.490 e. The molecule has 0 bridgehead atoms. The van der Waals surface area contributed by atoms with E-state index >= 15 is 0 Å². The summed E-state index contributed by atoms with van der Waals surface area (Å²) >= 11 is 1.56. The highest BCUT2D eigenvalue weighted by atomic mass is 32.1. The molecule has 2 aliphatic carbocycles. The van der Waals surface area contributed by atoms with E-state index in [0.29, 0.717) is 37.6 Å². The van der Waals surface area contributed by atoms with Crippen LogP contribution in [0.25, 0.3) is 0 Å². The van der Waals surface area contributed by atoms with Crippen LogP contribution in [0.15, 0.2) is 29.6 Å². The van der Waals surface area contributed by atoms with Crippen molar-refractivity contribution in [3.8, 4) is 5.75 Å². The van der Waals surface area contributed by atoms with Crippen molar-refractivity contribution in [3.63, 3.8) is 0 Å². The Hall–Kier alpha value is -3.15. The Morgan fingerprint density at radius 3 is 2.92 bits per heavy atom. The van der Waals surface area contributed by atoms with Gasteiger partial charge in [-0.05, 0) is 66.3 Å². The van der Waals surface area contributed by atoms with Gasteiger partial charge in [0.05, 0.1) is 17.5 Å². The van der Waals surface area contributed by atoms with E-state index in [4.69, 9.17) is 4.74 Å². The number of hydrogen-bond acceptors (Lipinski definition) is 7. The standard InChI is InChI=1S/C25H29N5O5S/c1-26-23(33)27-16-4-5-17-15(10-16)6-8-25(17)22(32)30(24(34)28-25)12-21(31)29-11-20-19(7-9-36-20)35-13-18(29)14-2-3-14/h4-5,7,9-10,14,18,24,28,34H,2-3,6,8,11-13H2,1H3,(H2,26,27,33)/t18-,24?,25?/m0/s1. The molecule has 2 unspecified atom stereocenters. The number of urea groups is 1. The second-order valence-electron chi connectivity index (χ2n) is 9.88. The number of aliphatic hydroxyl groups excluding tert-OH is 1. The molecule has 10 nitrogen and oxygen atoms in total. The number of carbonyl (C=O) groups excluding carboxylic acids is 3. The quantitative estimate of drug-likeness (QED) is 0.494. The highest BCUT2D eigenvalue weighted by Gasteiger charge is 2.55. The van der Waals surface area contributed by atoms with Crippen LogP contribution in [0, 0.1) is 5.92 Å². The molecule has 1 aromatic heterocycles. The van der Waals surface area contributed by atoms with Gasteiger partial charge in [0.2, 0.25) is 5.91 Å². The van der Waals surface area contributed by atoms with Crippen molar-refractivity contribution in [1.29, 1.82) is 0 Å². The van der Waals surface area contributed by atoms with Crippen LogP contribution < -0.4 is 20.7 Å². The zero-order valence-corrected chi connectivity index (χ0v) is 20.8. The monoisotopic (exact) mass is 511 g/mol. The van der Waals surface area contributed by atoms with E-state index < -0.39 is 11.9 Å². The number of thiophene rings is 1. The molecule has 1 saturated carbocycles. The summed E-state index contributed by atoms with van der Waals surface area (Å²) in [6.07, 6.45) is 1.94. The normalized spacial score (nSPS) is 26.9. The first-order valence-corrected chi connectivity index (χ1v) is 13.1.